The lowest BCUT2D eigenvalue weighted by Gasteiger charge is -2.32. The van der Waals surface area contributed by atoms with Crippen LogP contribution in [-0.2, 0) is 18.8 Å². The average Bonchev–Trinajstić information content (AvgIpc) is 3.51. The van der Waals surface area contributed by atoms with Gasteiger partial charge in [0.05, 0.1) is 32.3 Å². The smallest absolute Gasteiger partial charge is 0.326 e. The number of nitrogens with one attached hydrogen (secondary N) is 1. The molecule has 0 spiro atoms. The van der Waals surface area contributed by atoms with Crippen molar-refractivity contribution in [3.05, 3.63) is 41.9 Å². The van der Waals surface area contributed by atoms with Crippen LogP contribution in [0.25, 0.3) is 11.2 Å². The van der Waals surface area contributed by atoms with Crippen molar-refractivity contribution in [2.24, 2.45) is 5.92 Å². The van der Waals surface area contributed by atoms with E-state index in [1.165, 1.54) is 6.33 Å². The molecular weight excluding hydrogens is 557 g/mol. The maximum Gasteiger partial charge on any atom is 0.326 e. The van der Waals surface area contributed by atoms with Gasteiger partial charge in [0, 0.05) is 10.9 Å². The van der Waals surface area contributed by atoms with Crippen molar-refractivity contribution in [2.45, 2.75) is 77.9 Å². The second-order valence-corrected chi connectivity index (χ2v) is 11.9. The maximum atomic E-state index is 13.1. The van der Waals surface area contributed by atoms with E-state index in [-0.39, 0.29) is 36.9 Å². The molecule has 218 valence electrons. The molecule has 0 saturated carbocycles. The summed E-state index contributed by atoms with van der Waals surface area (Å²) < 4.78 is 31.7. The third kappa shape index (κ3) is 7.19. The van der Waals surface area contributed by atoms with Crippen LogP contribution in [0.5, 0.6) is 11.6 Å². The van der Waals surface area contributed by atoms with Crippen LogP contribution in [-0.4, -0.2) is 57.0 Å². The van der Waals surface area contributed by atoms with Crippen LogP contribution in [0.1, 0.15) is 60.1 Å². The van der Waals surface area contributed by atoms with Gasteiger partial charge < -0.3 is 23.3 Å². The van der Waals surface area contributed by atoms with Crippen molar-refractivity contribution >= 4 is 37.3 Å². The van der Waals surface area contributed by atoms with Crippen molar-refractivity contribution in [3.8, 4) is 11.6 Å². The number of carbonyl (C=O) groups is 1. The Kier molecular flexibility index (Phi) is 10.2. The minimum absolute atomic E-state index is 0.162. The Morgan fingerprint density at radius 2 is 2.02 bits per heavy atom. The first-order chi connectivity index (χ1) is 19.1. The van der Waals surface area contributed by atoms with Crippen LogP contribution in [0.4, 0.5) is 0 Å². The van der Waals surface area contributed by atoms with Crippen molar-refractivity contribution < 1.29 is 28.1 Å². The molecule has 0 bridgehead atoms. The normalized spacial score (nSPS) is 21.4. The molecular formula is C27H37ClN5O6P. The number of hydrogen-bond acceptors (Lipinski definition) is 10. The van der Waals surface area contributed by atoms with Gasteiger partial charge in [-0.25, -0.2) is 15.1 Å². The number of imidazole rings is 1. The molecule has 2 aromatic heterocycles. The van der Waals surface area contributed by atoms with E-state index >= 15 is 0 Å². The van der Waals surface area contributed by atoms with E-state index in [0.717, 1.165) is 12.8 Å². The molecule has 0 radical (unpaired) electrons. The molecule has 5 unspecified atom stereocenters. The van der Waals surface area contributed by atoms with E-state index in [4.69, 9.17) is 34.9 Å². The van der Waals surface area contributed by atoms with Crippen LogP contribution in [0.15, 0.2) is 36.9 Å². The van der Waals surface area contributed by atoms with Crippen LogP contribution >= 0.6 is 20.1 Å². The summed E-state index contributed by atoms with van der Waals surface area (Å²) in [4.78, 5) is 26.0. The summed E-state index contributed by atoms with van der Waals surface area (Å²) in [5.74, 6) is 0.790. The molecule has 4 rings (SSSR count). The van der Waals surface area contributed by atoms with Gasteiger partial charge in [0.25, 0.3) is 0 Å². The molecule has 1 aliphatic rings. The SMILES string of the molecule is CCCC(C)(NP(OCC1CC(C)C(n2cnc3c(OC)ncnc32)O1)Oc1ccc(Cl)cc1)C(=O)OC(C)C. The highest BCUT2D eigenvalue weighted by Gasteiger charge is 2.40. The van der Waals surface area contributed by atoms with E-state index in [2.05, 4.69) is 27.0 Å². The van der Waals surface area contributed by atoms with Gasteiger partial charge in [-0.05, 0) is 57.9 Å². The van der Waals surface area contributed by atoms with Crippen LogP contribution in [0, 0.1) is 5.92 Å². The molecule has 0 aliphatic carbocycles. The Morgan fingerprint density at radius 1 is 1.27 bits per heavy atom. The zero-order chi connectivity index (χ0) is 28.9. The second-order valence-electron chi connectivity index (χ2n) is 10.3. The zero-order valence-corrected chi connectivity index (χ0v) is 25.3. The molecule has 11 nitrogen and oxygen atoms in total. The van der Waals surface area contributed by atoms with Crippen LogP contribution in [0.3, 0.4) is 0 Å². The van der Waals surface area contributed by atoms with Crippen LogP contribution < -0.4 is 14.3 Å². The summed E-state index contributed by atoms with van der Waals surface area (Å²) in [5, 5.41) is 3.92. The lowest BCUT2D eigenvalue weighted by Crippen LogP contribution is -2.49. The average molecular weight is 594 g/mol. The number of carbonyl (C=O) groups excluding carboxylic acids is 1. The number of rotatable bonds is 13. The largest absolute Gasteiger partial charge is 0.479 e. The van der Waals surface area contributed by atoms with Crippen molar-refractivity contribution in [3.63, 3.8) is 0 Å². The predicted molar refractivity (Wildman–Crippen MR) is 152 cm³/mol. The van der Waals surface area contributed by atoms with Crippen LogP contribution in [0.2, 0.25) is 5.02 Å². The molecule has 13 heteroatoms. The number of fused-ring (bicyclic) bond motifs is 1. The predicted octanol–water partition coefficient (Wildman–Crippen LogP) is 5.83. The third-order valence-electron chi connectivity index (χ3n) is 6.51. The molecule has 3 aromatic rings. The van der Waals surface area contributed by atoms with Gasteiger partial charge >= 0.3 is 14.5 Å². The fourth-order valence-electron chi connectivity index (χ4n) is 4.60. The summed E-state index contributed by atoms with van der Waals surface area (Å²) in [7, 11) is -0.207. The van der Waals surface area contributed by atoms with Gasteiger partial charge in [-0.15, -0.1) is 0 Å². The maximum absolute atomic E-state index is 13.1. The highest BCUT2D eigenvalue weighted by Crippen LogP contribution is 2.42. The Hall–Kier alpha value is -2.56. The molecule has 1 saturated heterocycles. The molecule has 3 heterocycles. The number of halogens is 1. The second kappa shape index (κ2) is 13.4. The summed E-state index contributed by atoms with van der Waals surface area (Å²) in [6, 6.07) is 7.00. The fraction of sp³-hybridized carbons (Fsp3) is 0.556. The van der Waals surface area contributed by atoms with Gasteiger partial charge in [-0.3, -0.25) is 9.36 Å². The van der Waals surface area contributed by atoms with E-state index in [1.54, 1.807) is 37.7 Å². The van der Waals surface area contributed by atoms with Gasteiger partial charge in [-0.2, -0.15) is 4.98 Å². The third-order valence-corrected chi connectivity index (χ3v) is 8.20. The number of nitrogens with zero attached hydrogens (tertiary/aromatic N) is 4. The lowest BCUT2D eigenvalue weighted by atomic mass is 9.98. The van der Waals surface area contributed by atoms with Crippen molar-refractivity contribution in [1.29, 1.82) is 0 Å². The molecule has 1 fully saturated rings. The van der Waals surface area contributed by atoms with E-state index < -0.39 is 14.1 Å². The molecule has 40 heavy (non-hydrogen) atoms. The Labute approximate surface area is 240 Å². The lowest BCUT2D eigenvalue weighted by molar-refractivity contribution is -0.154. The van der Waals surface area contributed by atoms with Crippen molar-refractivity contribution in [2.75, 3.05) is 13.7 Å². The number of hydrogen-bond donors (Lipinski definition) is 1. The summed E-state index contributed by atoms with van der Waals surface area (Å²) >= 11 is 6.06. The summed E-state index contributed by atoms with van der Waals surface area (Å²) in [5.41, 5.74) is 0.213. The van der Waals surface area contributed by atoms with E-state index in [9.17, 15) is 4.79 Å². The Morgan fingerprint density at radius 3 is 2.70 bits per heavy atom. The first kappa shape index (κ1) is 30.4. The molecule has 0 amide bonds. The highest BCUT2D eigenvalue weighted by molar-refractivity contribution is 7.45. The zero-order valence-electron chi connectivity index (χ0n) is 23.7. The van der Waals surface area contributed by atoms with Gasteiger partial charge in [0.1, 0.15) is 23.8 Å². The number of aromatic nitrogens is 4. The monoisotopic (exact) mass is 593 g/mol. The number of esters is 1. The van der Waals surface area contributed by atoms with Gasteiger partial charge in [0.15, 0.2) is 11.2 Å². The number of benzene rings is 1. The number of methoxy groups -OCH3 is 1. The fourth-order valence-corrected chi connectivity index (χ4v) is 6.11. The first-order valence-corrected chi connectivity index (χ1v) is 14.9. The first-order valence-electron chi connectivity index (χ1n) is 13.4. The molecule has 1 aliphatic heterocycles. The number of ether oxygens (including phenoxy) is 3. The standard InChI is InChI=1S/C27H37ClN5O6P/c1-7-12-27(5,26(34)37-17(2)3)32-40(39-20-10-8-19(28)9-11-20)36-14-21-13-18(4)25(38-21)33-16-31-22-23(33)29-15-30-24(22)35-6/h8-11,15-18,21,25,32H,7,12-14H2,1-6H3. The van der Waals surface area contributed by atoms with Gasteiger partial charge in [0.2, 0.25) is 5.88 Å². The molecule has 1 N–H and O–H groups in total. The minimum atomic E-state index is -1.76. The summed E-state index contributed by atoms with van der Waals surface area (Å²) in [6.45, 7) is 9.85. The quantitative estimate of drug-likeness (QED) is 0.191. The Balaban J connectivity index is 1.49. The topological polar surface area (TPSA) is 119 Å². The van der Waals surface area contributed by atoms with E-state index in [0.29, 0.717) is 34.2 Å². The van der Waals surface area contributed by atoms with Crippen molar-refractivity contribution in [1.82, 2.24) is 24.6 Å². The highest BCUT2D eigenvalue weighted by atomic mass is 35.5. The molecule has 1 aromatic carbocycles. The Bertz CT molecular complexity index is 1280. The van der Waals surface area contributed by atoms with Gasteiger partial charge in [-0.1, -0.05) is 31.9 Å². The summed E-state index contributed by atoms with van der Waals surface area (Å²) in [6.07, 6.45) is 4.44. The van der Waals surface area contributed by atoms with E-state index in [1.807, 2.05) is 32.3 Å². The molecule has 5 atom stereocenters. The minimum Gasteiger partial charge on any atom is -0.479 e.